The molecule has 22 heavy (non-hydrogen) atoms. The van der Waals surface area contributed by atoms with Gasteiger partial charge >= 0.3 is 0 Å². The van der Waals surface area contributed by atoms with E-state index in [-0.39, 0.29) is 11.3 Å². The van der Waals surface area contributed by atoms with E-state index in [2.05, 4.69) is 5.32 Å². The number of carbonyl (C=O) groups is 2. The van der Waals surface area contributed by atoms with Crippen molar-refractivity contribution in [1.82, 2.24) is 4.57 Å². The van der Waals surface area contributed by atoms with Crippen LogP contribution < -0.4 is 11.1 Å². The van der Waals surface area contributed by atoms with Crippen LogP contribution in [0.15, 0.2) is 24.3 Å². The van der Waals surface area contributed by atoms with E-state index < -0.39 is 5.91 Å². The molecule has 1 aromatic carbocycles. The largest absolute Gasteiger partial charge is 0.364 e. The molecule has 0 aliphatic carbocycles. The lowest BCUT2D eigenvalue weighted by Crippen LogP contribution is -2.19. The van der Waals surface area contributed by atoms with Crippen LogP contribution in [0, 0.1) is 5.41 Å². The number of rotatable bonds is 4. The molecule has 2 amide bonds. The molecule has 2 aromatic rings. The average molecular weight is 301 g/mol. The van der Waals surface area contributed by atoms with Crippen LogP contribution in [-0.4, -0.2) is 16.4 Å². The number of hydrogen-bond donors (Lipinski definition) is 2. The number of nitrogens with two attached hydrogens (primary N) is 1. The molecule has 0 atom stereocenters. The molecule has 5 heteroatoms. The molecular weight excluding hydrogens is 278 g/mol. The number of anilines is 1. The van der Waals surface area contributed by atoms with Crippen molar-refractivity contribution in [1.29, 1.82) is 0 Å². The van der Waals surface area contributed by atoms with Crippen molar-refractivity contribution in [2.24, 2.45) is 11.1 Å². The fourth-order valence-corrected chi connectivity index (χ4v) is 2.58. The van der Waals surface area contributed by atoms with Crippen molar-refractivity contribution in [3.63, 3.8) is 0 Å². The highest BCUT2D eigenvalue weighted by molar-refractivity contribution is 6.00. The SMILES string of the molecule is CCn1c(C(N)=O)cc2cc(NC(=O)CC(C)(C)C)ccc21. The zero-order chi connectivity index (χ0) is 16.5. The summed E-state index contributed by atoms with van der Waals surface area (Å²) >= 11 is 0. The molecule has 0 saturated heterocycles. The monoisotopic (exact) mass is 301 g/mol. The maximum Gasteiger partial charge on any atom is 0.265 e. The van der Waals surface area contributed by atoms with Crippen LogP contribution in [0.3, 0.4) is 0 Å². The standard InChI is InChI=1S/C17H23N3O2/c1-5-20-13-7-6-12(19-15(21)10-17(2,3)4)8-11(13)9-14(20)16(18)22/h6-9H,5,10H2,1-4H3,(H2,18,22)(H,19,21). The Balaban J connectivity index is 2.31. The summed E-state index contributed by atoms with van der Waals surface area (Å²) in [6.07, 6.45) is 0.452. The summed E-state index contributed by atoms with van der Waals surface area (Å²) in [7, 11) is 0. The van der Waals surface area contributed by atoms with Gasteiger partial charge in [0.2, 0.25) is 5.91 Å². The van der Waals surface area contributed by atoms with E-state index >= 15 is 0 Å². The number of primary amides is 1. The van der Waals surface area contributed by atoms with Crippen LogP contribution in [0.5, 0.6) is 0 Å². The molecule has 0 aliphatic rings. The van der Waals surface area contributed by atoms with Crippen molar-refractivity contribution in [2.75, 3.05) is 5.32 Å². The Bertz CT molecular complexity index is 723. The van der Waals surface area contributed by atoms with Crippen molar-refractivity contribution in [3.05, 3.63) is 30.0 Å². The minimum absolute atomic E-state index is 0.0168. The lowest BCUT2D eigenvalue weighted by molar-refractivity contribution is -0.117. The molecule has 0 bridgehead atoms. The van der Waals surface area contributed by atoms with E-state index in [9.17, 15) is 9.59 Å². The molecule has 0 saturated carbocycles. The number of aromatic nitrogens is 1. The lowest BCUT2D eigenvalue weighted by Gasteiger charge is -2.17. The van der Waals surface area contributed by atoms with E-state index in [4.69, 9.17) is 5.73 Å². The predicted octanol–water partition coefficient (Wildman–Crippen LogP) is 3.13. The Morgan fingerprint density at radius 2 is 1.91 bits per heavy atom. The first-order valence-electron chi connectivity index (χ1n) is 7.44. The van der Waals surface area contributed by atoms with Gasteiger partial charge in [-0.1, -0.05) is 20.8 Å². The van der Waals surface area contributed by atoms with Gasteiger partial charge in [0, 0.05) is 29.6 Å². The van der Waals surface area contributed by atoms with E-state index in [0.29, 0.717) is 18.7 Å². The van der Waals surface area contributed by atoms with Gasteiger partial charge in [-0.3, -0.25) is 9.59 Å². The molecule has 1 heterocycles. The highest BCUT2D eigenvalue weighted by Gasteiger charge is 2.17. The maximum atomic E-state index is 12.0. The van der Waals surface area contributed by atoms with Crippen molar-refractivity contribution >= 4 is 28.4 Å². The first-order valence-corrected chi connectivity index (χ1v) is 7.44. The number of carbonyl (C=O) groups excluding carboxylic acids is 2. The molecular formula is C17H23N3O2. The van der Waals surface area contributed by atoms with E-state index in [0.717, 1.165) is 16.6 Å². The van der Waals surface area contributed by atoms with Crippen LogP contribution in [0.1, 0.15) is 44.6 Å². The molecule has 0 spiro atoms. The molecule has 1 aromatic heterocycles. The van der Waals surface area contributed by atoms with Gasteiger partial charge in [-0.05, 0) is 36.6 Å². The summed E-state index contributed by atoms with van der Waals surface area (Å²) < 4.78 is 1.87. The van der Waals surface area contributed by atoms with Gasteiger partial charge in [0.05, 0.1) is 0 Å². The summed E-state index contributed by atoms with van der Waals surface area (Å²) in [6.45, 7) is 8.70. The molecule has 0 fully saturated rings. The van der Waals surface area contributed by atoms with Crippen LogP contribution in [0.4, 0.5) is 5.69 Å². The van der Waals surface area contributed by atoms with Gasteiger partial charge in [-0.2, -0.15) is 0 Å². The number of aryl methyl sites for hydroxylation is 1. The first-order chi connectivity index (χ1) is 10.2. The highest BCUT2D eigenvalue weighted by Crippen LogP contribution is 2.25. The molecule has 118 valence electrons. The van der Waals surface area contributed by atoms with Crippen molar-refractivity contribution < 1.29 is 9.59 Å². The summed E-state index contributed by atoms with van der Waals surface area (Å²) in [5, 5.41) is 3.79. The highest BCUT2D eigenvalue weighted by atomic mass is 16.2. The third-order valence-electron chi connectivity index (χ3n) is 3.44. The van der Waals surface area contributed by atoms with Gasteiger partial charge in [0.15, 0.2) is 0 Å². The van der Waals surface area contributed by atoms with Crippen LogP contribution >= 0.6 is 0 Å². The van der Waals surface area contributed by atoms with Gasteiger partial charge in [-0.15, -0.1) is 0 Å². The van der Waals surface area contributed by atoms with Gasteiger partial charge in [-0.25, -0.2) is 0 Å². The number of hydrogen-bond acceptors (Lipinski definition) is 2. The smallest absolute Gasteiger partial charge is 0.265 e. The molecule has 0 radical (unpaired) electrons. The molecule has 0 unspecified atom stereocenters. The number of nitrogens with one attached hydrogen (secondary N) is 1. The zero-order valence-corrected chi connectivity index (χ0v) is 13.6. The Kier molecular flexibility index (Phi) is 4.26. The van der Waals surface area contributed by atoms with Crippen molar-refractivity contribution in [2.45, 2.75) is 40.7 Å². The van der Waals surface area contributed by atoms with Crippen molar-refractivity contribution in [3.8, 4) is 0 Å². The molecule has 5 nitrogen and oxygen atoms in total. The molecule has 0 aliphatic heterocycles. The molecule has 3 N–H and O–H groups in total. The predicted molar refractivity (Wildman–Crippen MR) is 88.8 cm³/mol. The Morgan fingerprint density at radius 3 is 2.45 bits per heavy atom. The number of amides is 2. The van der Waals surface area contributed by atoms with Crippen LogP contribution in [0.2, 0.25) is 0 Å². The summed E-state index contributed by atoms with van der Waals surface area (Å²) in [5.41, 5.74) is 7.50. The fraction of sp³-hybridized carbons (Fsp3) is 0.412. The van der Waals surface area contributed by atoms with E-state index in [1.54, 1.807) is 6.07 Å². The second kappa shape index (κ2) is 5.83. The summed E-state index contributed by atoms with van der Waals surface area (Å²) in [6, 6.07) is 7.38. The van der Waals surface area contributed by atoms with Crippen LogP contribution in [-0.2, 0) is 11.3 Å². The summed E-state index contributed by atoms with van der Waals surface area (Å²) in [5.74, 6) is -0.465. The van der Waals surface area contributed by atoms with E-state index in [1.165, 1.54) is 0 Å². The normalized spacial score (nSPS) is 11.6. The average Bonchev–Trinajstić information content (AvgIpc) is 2.74. The maximum absolute atomic E-state index is 12.0. The molecule has 2 rings (SSSR count). The van der Waals surface area contributed by atoms with Gasteiger partial charge < -0.3 is 15.6 Å². The number of fused-ring (bicyclic) bond motifs is 1. The second-order valence-electron chi connectivity index (χ2n) is 6.70. The second-order valence-corrected chi connectivity index (χ2v) is 6.70. The minimum atomic E-state index is -0.448. The Morgan fingerprint density at radius 1 is 1.23 bits per heavy atom. The Labute approximate surface area is 130 Å². The number of benzene rings is 1. The van der Waals surface area contributed by atoms with Gasteiger partial charge in [0.1, 0.15) is 5.69 Å². The fourth-order valence-electron chi connectivity index (χ4n) is 2.58. The summed E-state index contributed by atoms with van der Waals surface area (Å²) in [4.78, 5) is 23.5. The topological polar surface area (TPSA) is 77.1 Å². The Hall–Kier alpha value is -2.30. The van der Waals surface area contributed by atoms with E-state index in [1.807, 2.05) is 50.5 Å². The first kappa shape index (κ1) is 16.1. The quantitative estimate of drug-likeness (QED) is 0.910. The third-order valence-corrected chi connectivity index (χ3v) is 3.44. The zero-order valence-electron chi connectivity index (χ0n) is 13.6. The minimum Gasteiger partial charge on any atom is -0.364 e. The van der Waals surface area contributed by atoms with Gasteiger partial charge in [0.25, 0.3) is 5.91 Å². The lowest BCUT2D eigenvalue weighted by atomic mass is 9.92. The number of nitrogens with zero attached hydrogens (tertiary/aromatic N) is 1. The van der Waals surface area contributed by atoms with Crippen LogP contribution in [0.25, 0.3) is 10.9 Å². The third kappa shape index (κ3) is 3.47.